The lowest BCUT2D eigenvalue weighted by Crippen LogP contribution is -2.24. The van der Waals surface area contributed by atoms with Crippen molar-refractivity contribution in [2.75, 3.05) is 13.7 Å². The lowest BCUT2D eigenvalue weighted by molar-refractivity contribution is 0.403. The molecule has 2 rings (SSSR count). The maximum atomic E-state index is 5.54. The van der Waals surface area contributed by atoms with Gasteiger partial charge in [0.05, 0.1) is 18.8 Å². The fourth-order valence-corrected chi connectivity index (χ4v) is 2.67. The van der Waals surface area contributed by atoms with Crippen LogP contribution in [-0.4, -0.2) is 18.6 Å². The Hall–Kier alpha value is -1.87. The molecule has 0 amide bonds. The van der Waals surface area contributed by atoms with Gasteiger partial charge in [0.2, 0.25) is 0 Å². The highest BCUT2D eigenvalue weighted by Gasteiger charge is 2.20. The van der Waals surface area contributed by atoms with Crippen LogP contribution in [0, 0.1) is 20.8 Å². The quantitative estimate of drug-likeness (QED) is 0.908. The van der Waals surface area contributed by atoms with Crippen LogP contribution in [-0.2, 0) is 0 Å². The molecule has 0 radical (unpaired) electrons. The highest BCUT2D eigenvalue weighted by Crippen LogP contribution is 2.31. The Bertz CT molecular complexity index is 623. The second-order valence-corrected chi connectivity index (χ2v) is 5.45. The van der Waals surface area contributed by atoms with Crippen LogP contribution in [0.4, 0.5) is 0 Å². The molecule has 2 aromatic rings. The summed E-state index contributed by atoms with van der Waals surface area (Å²) >= 11 is 0. The number of aromatic nitrogens is 1. The summed E-state index contributed by atoms with van der Waals surface area (Å²) in [6.45, 7) is 9.26. The molecular weight excluding hydrogens is 260 g/mol. The molecule has 1 atom stereocenters. The number of hydrogen-bond acceptors (Lipinski definition) is 3. The Kier molecular flexibility index (Phi) is 4.97. The SMILES string of the molecule is CCNC(c1cc(C)ccc1OC)c1ncc(C)cc1C. The molecule has 0 bridgehead atoms. The normalized spacial score (nSPS) is 12.2. The molecule has 1 N–H and O–H groups in total. The fourth-order valence-electron chi connectivity index (χ4n) is 2.67. The number of pyridine rings is 1. The van der Waals surface area contributed by atoms with Crippen molar-refractivity contribution < 1.29 is 4.74 Å². The number of nitrogens with one attached hydrogen (secondary N) is 1. The van der Waals surface area contributed by atoms with Crippen molar-refractivity contribution in [2.24, 2.45) is 0 Å². The zero-order valence-corrected chi connectivity index (χ0v) is 13.5. The van der Waals surface area contributed by atoms with Gasteiger partial charge in [0.1, 0.15) is 5.75 Å². The van der Waals surface area contributed by atoms with Crippen molar-refractivity contribution in [3.05, 3.63) is 58.4 Å². The van der Waals surface area contributed by atoms with Gasteiger partial charge >= 0.3 is 0 Å². The Morgan fingerprint density at radius 3 is 2.52 bits per heavy atom. The van der Waals surface area contributed by atoms with E-state index >= 15 is 0 Å². The number of benzene rings is 1. The van der Waals surface area contributed by atoms with Crippen LogP contribution in [0.15, 0.2) is 30.5 Å². The molecular formula is C18H24N2O. The third kappa shape index (κ3) is 3.42. The van der Waals surface area contributed by atoms with E-state index in [9.17, 15) is 0 Å². The van der Waals surface area contributed by atoms with Crippen LogP contribution >= 0.6 is 0 Å². The topological polar surface area (TPSA) is 34.1 Å². The molecule has 3 nitrogen and oxygen atoms in total. The van der Waals surface area contributed by atoms with E-state index in [-0.39, 0.29) is 6.04 Å². The minimum Gasteiger partial charge on any atom is -0.496 e. The highest BCUT2D eigenvalue weighted by molar-refractivity contribution is 5.44. The van der Waals surface area contributed by atoms with E-state index in [1.807, 2.05) is 12.3 Å². The van der Waals surface area contributed by atoms with E-state index in [0.29, 0.717) is 0 Å². The highest BCUT2D eigenvalue weighted by atomic mass is 16.5. The fraction of sp³-hybridized carbons (Fsp3) is 0.389. The second-order valence-electron chi connectivity index (χ2n) is 5.45. The van der Waals surface area contributed by atoms with Gasteiger partial charge < -0.3 is 10.1 Å². The average Bonchev–Trinajstić information content (AvgIpc) is 2.45. The van der Waals surface area contributed by atoms with Gasteiger partial charge in [-0.15, -0.1) is 0 Å². The van der Waals surface area contributed by atoms with Gasteiger partial charge in [0.25, 0.3) is 0 Å². The van der Waals surface area contributed by atoms with Gasteiger partial charge in [-0.2, -0.15) is 0 Å². The monoisotopic (exact) mass is 284 g/mol. The van der Waals surface area contributed by atoms with Crippen molar-refractivity contribution in [3.63, 3.8) is 0 Å². The summed E-state index contributed by atoms with van der Waals surface area (Å²) in [5, 5.41) is 3.53. The minimum atomic E-state index is 0.0467. The number of aryl methyl sites for hydroxylation is 3. The van der Waals surface area contributed by atoms with Gasteiger partial charge in [-0.25, -0.2) is 0 Å². The maximum Gasteiger partial charge on any atom is 0.124 e. The van der Waals surface area contributed by atoms with E-state index in [2.05, 4.69) is 56.2 Å². The third-order valence-electron chi connectivity index (χ3n) is 3.63. The number of hydrogen-bond donors (Lipinski definition) is 1. The van der Waals surface area contributed by atoms with Gasteiger partial charge in [-0.05, 0) is 44.5 Å². The number of rotatable bonds is 5. The van der Waals surface area contributed by atoms with Crippen LogP contribution in [0.1, 0.15) is 40.9 Å². The molecule has 0 aliphatic heterocycles. The summed E-state index contributed by atoms with van der Waals surface area (Å²) < 4.78 is 5.54. The lowest BCUT2D eigenvalue weighted by Gasteiger charge is -2.22. The predicted molar refractivity (Wildman–Crippen MR) is 87.0 cm³/mol. The van der Waals surface area contributed by atoms with Crippen molar-refractivity contribution in [2.45, 2.75) is 33.7 Å². The smallest absolute Gasteiger partial charge is 0.124 e. The average molecular weight is 284 g/mol. The van der Waals surface area contributed by atoms with Crippen LogP contribution in [0.3, 0.4) is 0 Å². The van der Waals surface area contributed by atoms with Crippen LogP contribution in [0.5, 0.6) is 5.75 Å². The zero-order valence-electron chi connectivity index (χ0n) is 13.5. The van der Waals surface area contributed by atoms with Gasteiger partial charge in [-0.1, -0.05) is 30.7 Å². The molecule has 0 fully saturated rings. The van der Waals surface area contributed by atoms with Crippen LogP contribution in [0.25, 0.3) is 0 Å². The molecule has 0 saturated carbocycles. The van der Waals surface area contributed by atoms with Gasteiger partial charge in [0, 0.05) is 11.8 Å². The first-order valence-corrected chi connectivity index (χ1v) is 7.37. The molecule has 0 aliphatic rings. The first kappa shape index (κ1) is 15.5. The molecule has 1 aromatic heterocycles. The Morgan fingerprint density at radius 2 is 1.90 bits per heavy atom. The first-order valence-electron chi connectivity index (χ1n) is 7.37. The van der Waals surface area contributed by atoms with Crippen molar-refractivity contribution in [1.82, 2.24) is 10.3 Å². The summed E-state index contributed by atoms with van der Waals surface area (Å²) in [5.74, 6) is 0.897. The molecule has 21 heavy (non-hydrogen) atoms. The first-order chi connectivity index (χ1) is 10.1. The van der Waals surface area contributed by atoms with Gasteiger partial charge in [-0.3, -0.25) is 4.98 Å². The molecule has 1 unspecified atom stereocenters. The third-order valence-corrected chi connectivity index (χ3v) is 3.63. The molecule has 0 spiro atoms. The summed E-state index contributed by atoms with van der Waals surface area (Å²) in [7, 11) is 1.71. The van der Waals surface area contributed by atoms with Crippen LogP contribution < -0.4 is 10.1 Å². The van der Waals surface area contributed by atoms with Crippen LogP contribution in [0.2, 0.25) is 0 Å². The maximum absolute atomic E-state index is 5.54. The standard InChI is InChI=1S/C18H24N2O/c1-6-19-18(17-14(4)9-13(3)11-20-17)15-10-12(2)7-8-16(15)21-5/h7-11,18-19H,6H2,1-5H3. The summed E-state index contributed by atoms with van der Waals surface area (Å²) in [6, 6.07) is 8.49. The van der Waals surface area contributed by atoms with E-state index in [4.69, 9.17) is 4.74 Å². The zero-order chi connectivity index (χ0) is 15.4. The summed E-state index contributed by atoms with van der Waals surface area (Å²) in [4.78, 5) is 4.66. The van der Waals surface area contributed by atoms with E-state index in [0.717, 1.165) is 23.6 Å². The predicted octanol–water partition coefficient (Wildman–Crippen LogP) is 3.71. The molecule has 112 valence electrons. The Labute approximate surface area is 127 Å². The Morgan fingerprint density at radius 1 is 1.14 bits per heavy atom. The second kappa shape index (κ2) is 6.72. The van der Waals surface area contributed by atoms with E-state index < -0.39 is 0 Å². The summed E-state index contributed by atoms with van der Waals surface area (Å²) in [5.41, 5.74) is 5.80. The largest absolute Gasteiger partial charge is 0.496 e. The van der Waals surface area contributed by atoms with Crippen molar-refractivity contribution in [3.8, 4) is 5.75 Å². The van der Waals surface area contributed by atoms with E-state index in [1.165, 1.54) is 16.7 Å². The van der Waals surface area contributed by atoms with E-state index in [1.54, 1.807) is 7.11 Å². The van der Waals surface area contributed by atoms with Gasteiger partial charge in [0.15, 0.2) is 0 Å². The number of ether oxygens (including phenoxy) is 1. The molecule has 0 saturated heterocycles. The molecule has 1 heterocycles. The van der Waals surface area contributed by atoms with Crippen molar-refractivity contribution >= 4 is 0 Å². The number of methoxy groups -OCH3 is 1. The van der Waals surface area contributed by atoms with Crippen molar-refractivity contribution in [1.29, 1.82) is 0 Å². The minimum absolute atomic E-state index is 0.0467. The lowest BCUT2D eigenvalue weighted by atomic mass is 9.96. The Balaban J connectivity index is 2.55. The molecule has 0 aliphatic carbocycles. The summed E-state index contributed by atoms with van der Waals surface area (Å²) in [6.07, 6.45) is 1.93. The number of nitrogens with zero attached hydrogens (tertiary/aromatic N) is 1. The molecule has 3 heteroatoms. The molecule has 1 aromatic carbocycles.